The van der Waals surface area contributed by atoms with E-state index in [1.807, 2.05) is 5.38 Å². The van der Waals surface area contributed by atoms with Crippen LogP contribution in [0.3, 0.4) is 0 Å². The molecule has 0 radical (unpaired) electrons. The Morgan fingerprint density at radius 2 is 2.23 bits per heavy atom. The van der Waals surface area contributed by atoms with Gasteiger partial charge in [0.2, 0.25) is 0 Å². The van der Waals surface area contributed by atoms with E-state index < -0.39 is 0 Å². The van der Waals surface area contributed by atoms with E-state index in [-0.39, 0.29) is 17.6 Å². The number of hydrogen-bond acceptors (Lipinski definition) is 6. The molecule has 26 heavy (non-hydrogen) atoms. The molecule has 3 aromatic rings. The van der Waals surface area contributed by atoms with E-state index in [1.54, 1.807) is 16.7 Å². The number of aromatic nitrogens is 4. The molecule has 6 nitrogen and oxygen atoms in total. The second-order valence-electron chi connectivity index (χ2n) is 6.00. The number of benzene rings is 1. The first-order chi connectivity index (χ1) is 12.7. The van der Waals surface area contributed by atoms with Gasteiger partial charge in [0.15, 0.2) is 5.16 Å². The van der Waals surface area contributed by atoms with Gasteiger partial charge in [-0.1, -0.05) is 11.8 Å². The zero-order valence-corrected chi connectivity index (χ0v) is 15.5. The molecule has 1 unspecified atom stereocenters. The summed E-state index contributed by atoms with van der Waals surface area (Å²) in [6, 6.07) is 6.30. The van der Waals surface area contributed by atoms with E-state index in [0.29, 0.717) is 17.5 Å². The molecule has 0 bridgehead atoms. The van der Waals surface area contributed by atoms with Crippen molar-refractivity contribution in [3.8, 4) is 10.6 Å². The first-order valence-corrected chi connectivity index (χ1v) is 10.2. The molecule has 3 heterocycles. The summed E-state index contributed by atoms with van der Waals surface area (Å²) in [7, 11) is 0. The highest BCUT2D eigenvalue weighted by atomic mass is 32.2. The van der Waals surface area contributed by atoms with Crippen molar-refractivity contribution >= 4 is 23.1 Å². The predicted molar refractivity (Wildman–Crippen MR) is 98.9 cm³/mol. The van der Waals surface area contributed by atoms with Crippen LogP contribution in [0, 0.1) is 5.82 Å². The minimum Gasteiger partial charge on any atom is -0.376 e. The molecule has 4 rings (SSSR count). The van der Waals surface area contributed by atoms with Crippen molar-refractivity contribution in [3.05, 3.63) is 51.6 Å². The quantitative estimate of drug-likeness (QED) is 0.652. The van der Waals surface area contributed by atoms with Crippen molar-refractivity contribution in [2.45, 2.75) is 36.4 Å². The third-order valence-electron chi connectivity index (χ3n) is 4.13. The SMILES string of the molecule is O=c1[nH]nc(SCc2csc(-c3ccc(F)cc3)n2)n1CC1CCCO1. The molecule has 1 N–H and O–H groups in total. The van der Waals surface area contributed by atoms with Gasteiger partial charge in [-0.25, -0.2) is 19.3 Å². The van der Waals surface area contributed by atoms with Crippen LogP contribution in [0.1, 0.15) is 18.5 Å². The van der Waals surface area contributed by atoms with Crippen LogP contribution in [0.5, 0.6) is 0 Å². The van der Waals surface area contributed by atoms with E-state index in [2.05, 4.69) is 15.2 Å². The molecule has 1 fully saturated rings. The summed E-state index contributed by atoms with van der Waals surface area (Å²) in [6.07, 6.45) is 2.08. The maximum Gasteiger partial charge on any atom is 0.344 e. The first kappa shape index (κ1) is 17.4. The normalized spacial score (nSPS) is 17.0. The van der Waals surface area contributed by atoms with Crippen molar-refractivity contribution in [1.29, 1.82) is 0 Å². The standard InChI is InChI=1S/C17H17FN4O2S2/c18-12-5-3-11(4-6-12)15-19-13(9-25-15)10-26-17-21-20-16(23)22(17)8-14-2-1-7-24-14/h3-6,9,14H,1-2,7-8,10H2,(H,20,23). The maximum atomic E-state index is 13.0. The fourth-order valence-corrected chi connectivity index (χ4v) is 4.58. The Labute approximate surface area is 157 Å². The lowest BCUT2D eigenvalue weighted by atomic mass is 10.2. The summed E-state index contributed by atoms with van der Waals surface area (Å²) in [6.45, 7) is 1.28. The zero-order valence-electron chi connectivity index (χ0n) is 13.9. The lowest BCUT2D eigenvalue weighted by Gasteiger charge is -2.10. The maximum absolute atomic E-state index is 13.0. The third kappa shape index (κ3) is 3.89. The van der Waals surface area contributed by atoms with Gasteiger partial charge in [-0.2, -0.15) is 0 Å². The Morgan fingerprint density at radius 1 is 1.38 bits per heavy atom. The number of H-pyrrole nitrogens is 1. The van der Waals surface area contributed by atoms with Gasteiger partial charge in [0, 0.05) is 23.3 Å². The number of thioether (sulfide) groups is 1. The fraction of sp³-hybridized carbons (Fsp3) is 0.353. The van der Waals surface area contributed by atoms with Crippen molar-refractivity contribution in [2.24, 2.45) is 0 Å². The summed E-state index contributed by atoms with van der Waals surface area (Å²) in [5.41, 5.74) is 1.58. The van der Waals surface area contributed by atoms with Crippen LogP contribution in [0.2, 0.25) is 0 Å². The van der Waals surface area contributed by atoms with Crippen molar-refractivity contribution in [3.63, 3.8) is 0 Å². The topological polar surface area (TPSA) is 72.8 Å². The van der Waals surface area contributed by atoms with Gasteiger partial charge in [0.25, 0.3) is 0 Å². The molecule has 0 amide bonds. The fourth-order valence-electron chi connectivity index (χ4n) is 2.80. The zero-order chi connectivity index (χ0) is 17.9. The Morgan fingerprint density at radius 3 is 3.00 bits per heavy atom. The lowest BCUT2D eigenvalue weighted by Crippen LogP contribution is -2.24. The number of nitrogens with one attached hydrogen (secondary N) is 1. The average molecular weight is 392 g/mol. The van der Waals surface area contributed by atoms with Gasteiger partial charge >= 0.3 is 5.69 Å². The van der Waals surface area contributed by atoms with Crippen molar-refractivity contribution in [1.82, 2.24) is 19.7 Å². The highest BCUT2D eigenvalue weighted by Crippen LogP contribution is 2.27. The van der Waals surface area contributed by atoms with E-state index in [1.165, 1.54) is 35.2 Å². The smallest absolute Gasteiger partial charge is 0.344 e. The highest BCUT2D eigenvalue weighted by Gasteiger charge is 2.20. The number of aromatic amines is 1. The minimum atomic E-state index is -0.260. The summed E-state index contributed by atoms with van der Waals surface area (Å²) < 4.78 is 20.3. The minimum absolute atomic E-state index is 0.0778. The largest absolute Gasteiger partial charge is 0.376 e. The van der Waals surface area contributed by atoms with Crippen LogP contribution >= 0.6 is 23.1 Å². The van der Waals surface area contributed by atoms with Crippen molar-refractivity contribution < 1.29 is 9.13 Å². The number of nitrogens with zero attached hydrogens (tertiary/aromatic N) is 3. The molecule has 1 aliphatic heterocycles. The summed E-state index contributed by atoms with van der Waals surface area (Å²) in [4.78, 5) is 16.6. The number of thiazole rings is 1. The van der Waals surface area contributed by atoms with Crippen LogP contribution in [0.15, 0.2) is 39.6 Å². The lowest BCUT2D eigenvalue weighted by molar-refractivity contribution is 0.0941. The Kier molecular flexibility index (Phi) is 5.18. The van der Waals surface area contributed by atoms with Crippen LogP contribution < -0.4 is 5.69 Å². The van der Waals surface area contributed by atoms with Gasteiger partial charge in [0.1, 0.15) is 10.8 Å². The molecule has 1 aliphatic rings. The van der Waals surface area contributed by atoms with Gasteiger partial charge in [-0.15, -0.1) is 16.4 Å². The summed E-state index contributed by atoms with van der Waals surface area (Å²) in [5.74, 6) is 0.344. The molecule has 0 aliphatic carbocycles. The molecular formula is C17H17FN4O2S2. The number of ether oxygens (including phenoxy) is 1. The molecule has 1 aromatic carbocycles. The molecule has 9 heteroatoms. The van der Waals surface area contributed by atoms with Gasteiger partial charge in [-0.05, 0) is 37.1 Å². The van der Waals surface area contributed by atoms with Crippen LogP contribution in [0.4, 0.5) is 4.39 Å². The van der Waals surface area contributed by atoms with Gasteiger partial charge in [0.05, 0.1) is 18.3 Å². The van der Waals surface area contributed by atoms with E-state index in [0.717, 1.165) is 35.7 Å². The van der Waals surface area contributed by atoms with Crippen LogP contribution in [0.25, 0.3) is 10.6 Å². The molecule has 1 atom stereocenters. The molecule has 2 aromatic heterocycles. The third-order valence-corrected chi connectivity index (χ3v) is 6.08. The second-order valence-corrected chi connectivity index (χ2v) is 7.80. The number of hydrogen-bond donors (Lipinski definition) is 1. The van der Waals surface area contributed by atoms with E-state index in [9.17, 15) is 9.18 Å². The number of rotatable bonds is 6. The van der Waals surface area contributed by atoms with Crippen LogP contribution in [-0.4, -0.2) is 32.5 Å². The summed E-state index contributed by atoms with van der Waals surface area (Å²) in [5, 5.41) is 10.1. The molecule has 1 saturated heterocycles. The monoisotopic (exact) mass is 392 g/mol. The van der Waals surface area contributed by atoms with Gasteiger partial charge in [-0.3, -0.25) is 4.57 Å². The summed E-state index contributed by atoms with van der Waals surface area (Å²) >= 11 is 2.98. The van der Waals surface area contributed by atoms with E-state index in [4.69, 9.17) is 4.74 Å². The van der Waals surface area contributed by atoms with Crippen LogP contribution in [-0.2, 0) is 17.0 Å². The molecule has 136 valence electrons. The highest BCUT2D eigenvalue weighted by molar-refractivity contribution is 7.98. The molecule has 0 spiro atoms. The molecule has 0 saturated carbocycles. The predicted octanol–water partition coefficient (Wildman–Crippen LogP) is 3.31. The number of halogens is 1. The van der Waals surface area contributed by atoms with Crippen molar-refractivity contribution in [2.75, 3.05) is 6.61 Å². The first-order valence-electron chi connectivity index (χ1n) is 8.29. The van der Waals surface area contributed by atoms with E-state index >= 15 is 0 Å². The second kappa shape index (κ2) is 7.73. The average Bonchev–Trinajstić information content (AvgIpc) is 3.38. The molecular weight excluding hydrogens is 375 g/mol. The Hall–Kier alpha value is -1.97. The Balaban J connectivity index is 1.43. The Bertz CT molecular complexity index is 929. The van der Waals surface area contributed by atoms with Gasteiger partial charge < -0.3 is 4.74 Å².